The van der Waals surface area contributed by atoms with Gasteiger partial charge in [0.25, 0.3) is 5.91 Å². The number of nitrogens with zero attached hydrogens (tertiary/aromatic N) is 1. The number of hydrogen-bond acceptors (Lipinski definition) is 4. The van der Waals surface area contributed by atoms with E-state index in [4.69, 9.17) is 4.74 Å². The van der Waals surface area contributed by atoms with Crippen molar-refractivity contribution in [1.29, 1.82) is 0 Å². The minimum Gasteiger partial charge on any atom is -0.493 e. The number of benzene rings is 2. The molecule has 0 radical (unpaired) electrons. The summed E-state index contributed by atoms with van der Waals surface area (Å²) in [6, 6.07) is 14.0. The molecule has 0 aromatic heterocycles. The van der Waals surface area contributed by atoms with E-state index in [0.717, 1.165) is 18.7 Å². The quantitative estimate of drug-likeness (QED) is 0.772. The molecule has 1 heterocycles. The van der Waals surface area contributed by atoms with E-state index in [-0.39, 0.29) is 24.3 Å². The number of nitrogens with one attached hydrogen (secondary N) is 2. The number of amides is 3. The zero-order chi connectivity index (χ0) is 19.9. The summed E-state index contributed by atoms with van der Waals surface area (Å²) in [5.41, 5.74) is 1.81. The number of para-hydroxylation sites is 1. The van der Waals surface area contributed by atoms with Gasteiger partial charge in [0.15, 0.2) is 0 Å². The second-order valence-corrected chi connectivity index (χ2v) is 6.36. The molecule has 2 N–H and O–H groups in total. The van der Waals surface area contributed by atoms with Gasteiger partial charge in [-0.3, -0.25) is 14.4 Å². The normalized spacial score (nSPS) is 13.3. The lowest BCUT2D eigenvalue weighted by molar-refractivity contribution is -0.117. The topological polar surface area (TPSA) is 87.7 Å². The van der Waals surface area contributed by atoms with E-state index in [2.05, 4.69) is 10.6 Å². The second-order valence-electron chi connectivity index (χ2n) is 6.36. The van der Waals surface area contributed by atoms with E-state index in [0.29, 0.717) is 30.0 Å². The monoisotopic (exact) mass is 381 g/mol. The van der Waals surface area contributed by atoms with Crippen LogP contribution in [0.3, 0.4) is 0 Å². The summed E-state index contributed by atoms with van der Waals surface area (Å²) in [6.07, 6.45) is 1.44. The lowest BCUT2D eigenvalue weighted by atomic mass is 10.2. The molecule has 0 saturated carbocycles. The average molecular weight is 381 g/mol. The second kappa shape index (κ2) is 9.03. The number of carbonyl (C=O) groups excluding carboxylic acids is 3. The maximum absolute atomic E-state index is 12.3. The molecule has 28 heavy (non-hydrogen) atoms. The third-order valence-corrected chi connectivity index (χ3v) is 4.38. The Morgan fingerprint density at radius 1 is 1.11 bits per heavy atom. The lowest BCUT2D eigenvalue weighted by Crippen LogP contribution is -2.33. The molecule has 1 aliphatic rings. The van der Waals surface area contributed by atoms with E-state index in [1.807, 2.05) is 6.92 Å². The molecule has 0 atom stereocenters. The van der Waals surface area contributed by atoms with E-state index in [1.165, 1.54) is 0 Å². The highest BCUT2D eigenvalue weighted by Crippen LogP contribution is 2.23. The fraction of sp³-hybridized carbons (Fsp3) is 0.286. The summed E-state index contributed by atoms with van der Waals surface area (Å²) in [5.74, 6) is -0.115. The molecule has 0 unspecified atom stereocenters. The van der Waals surface area contributed by atoms with Crippen LogP contribution in [0.15, 0.2) is 48.5 Å². The summed E-state index contributed by atoms with van der Waals surface area (Å²) in [4.78, 5) is 38.0. The van der Waals surface area contributed by atoms with E-state index < -0.39 is 0 Å². The first-order valence-electron chi connectivity index (χ1n) is 9.29. The van der Waals surface area contributed by atoms with Crippen LogP contribution in [-0.4, -0.2) is 37.4 Å². The molecular formula is C21H23N3O4. The fourth-order valence-electron chi connectivity index (χ4n) is 3.04. The van der Waals surface area contributed by atoms with Gasteiger partial charge < -0.3 is 20.3 Å². The van der Waals surface area contributed by atoms with Gasteiger partial charge in [-0.1, -0.05) is 12.1 Å². The van der Waals surface area contributed by atoms with Gasteiger partial charge in [0.2, 0.25) is 11.8 Å². The highest BCUT2D eigenvalue weighted by Gasteiger charge is 2.21. The van der Waals surface area contributed by atoms with Crippen molar-refractivity contribution in [3.8, 4) is 5.75 Å². The van der Waals surface area contributed by atoms with Crippen LogP contribution in [0.5, 0.6) is 5.75 Å². The third kappa shape index (κ3) is 4.68. The molecule has 7 heteroatoms. The van der Waals surface area contributed by atoms with Gasteiger partial charge in [0.1, 0.15) is 5.75 Å². The predicted octanol–water partition coefficient (Wildman–Crippen LogP) is 2.58. The van der Waals surface area contributed by atoms with E-state index >= 15 is 0 Å². The molecule has 2 aromatic rings. The van der Waals surface area contributed by atoms with Gasteiger partial charge in [0.05, 0.1) is 18.7 Å². The van der Waals surface area contributed by atoms with Gasteiger partial charge in [-0.25, -0.2) is 0 Å². The molecule has 2 aromatic carbocycles. The molecule has 0 spiro atoms. The van der Waals surface area contributed by atoms with E-state index in [1.54, 1.807) is 53.4 Å². The zero-order valence-electron chi connectivity index (χ0n) is 15.7. The highest BCUT2D eigenvalue weighted by molar-refractivity contribution is 6.01. The maximum Gasteiger partial charge on any atom is 0.255 e. The SMILES string of the molecule is CCOc1ccccc1C(=O)NCC(=O)Nc1ccc(N2CCCC2=O)cc1. The van der Waals surface area contributed by atoms with Crippen LogP contribution < -0.4 is 20.3 Å². The summed E-state index contributed by atoms with van der Waals surface area (Å²) in [7, 11) is 0. The predicted molar refractivity (Wildman–Crippen MR) is 107 cm³/mol. The Bertz CT molecular complexity index is 864. The third-order valence-electron chi connectivity index (χ3n) is 4.38. The molecule has 0 bridgehead atoms. The van der Waals surface area contributed by atoms with Gasteiger partial charge >= 0.3 is 0 Å². The fourth-order valence-corrected chi connectivity index (χ4v) is 3.04. The van der Waals surface area contributed by atoms with Gasteiger partial charge in [-0.2, -0.15) is 0 Å². The summed E-state index contributed by atoms with van der Waals surface area (Å²) >= 11 is 0. The van der Waals surface area contributed by atoms with Crippen molar-refractivity contribution in [2.45, 2.75) is 19.8 Å². The molecule has 0 aliphatic carbocycles. The Hall–Kier alpha value is -3.35. The lowest BCUT2D eigenvalue weighted by Gasteiger charge is -2.16. The number of rotatable bonds is 7. The first kappa shape index (κ1) is 19.4. The Balaban J connectivity index is 1.53. The highest BCUT2D eigenvalue weighted by atomic mass is 16.5. The number of carbonyl (C=O) groups is 3. The minimum absolute atomic E-state index is 0.117. The van der Waals surface area contributed by atoms with E-state index in [9.17, 15) is 14.4 Å². The van der Waals surface area contributed by atoms with Crippen LogP contribution in [0.25, 0.3) is 0 Å². The van der Waals surface area contributed by atoms with Crippen molar-refractivity contribution in [2.75, 3.05) is 29.9 Å². The van der Waals surface area contributed by atoms with Crippen molar-refractivity contribution >= 4 is 29.1 Å². The van der Waals surface area contributed by atoms with Crippen LogP contribution in [0, 0.1) is 0 Å². The standard InChI is InChI=1S/C21H23N3O4/c1-2-28-18-7-4-3-6-17(18)21(27)22-14-19(25)23-15-9-11-16(12-10-15)24-13-5-8-20(24)26/h3-4,6-7,9-12H,2,5,8,13-14H2,1H3,(H,22,27)(H,23,25). The first-order valence-corrected chi connectivity index (χ1v) is 9.29. The average Bonchev–Trinajstić information content (AvgIpc) is 3.13. The summed E-state index contributed by atoms with van der Waals surface area (Å²) in [6.45, 7) is 2.85. The molecule has 3 rings (SSSR count). The Morgan fingerprint density at radius 2 is 1.86 bits per heavy atom. The maximum atomic E-state index is 12.3. The minimum atomic E-state index is -0.373. The molecule has 1 saturated heterocycles. The van der Waals surface area contributed by atoms with Crippen molar-refractivity contribution in [3.05, 3.63) is 54.1 Å². The smallest absolute Gasteiger partial charge is 0.255 e. The molecule has 7 nitrogen and oxygen atoms in total. The molecule has 1 aliphatic heterocycles. The zero-order valence-corrected chi connectivity index (χ0v) is 15.7. The number of hydrogen-bond donors (Lipinski definition) is 2. The van der Waals surface area contributed by atoms with Crippen LogP contribution >= 0.6 is 0 Å². The van der Waals surface area contributed by atoms with Crippen LogP contribution in [0.1, 0.15) is 30.1 Å². The Kier molecular flexibility index (Phi) is 6.26. The van der Waals surface area contributed by atoms with Gasteiger partial charge in [-0.15, -0.1) is 0 Å². The molecular weight excluding hydrogens is 358 g/mol. The van der Waals surface area contributed by atoms with Crippen molar-refractivity contribution in [1.82, 2.24) is 5.32 Å². The van der Waals surface area contributed by atoms with Crippen LogP contribution in [0.2, 0.25) is 0 Å². The summed E-state index contributed by atoms with van der Waals surface area (Å²) in [5, 5.41) is 5.33. The largest absolute Gasteiger partial charge is 0.493 e. The van der Waals surface area contributed by atoms with Crippen molar-refractivity contribution in [3.63, 3.8) is 0 Å². The number of ether oxygens (including phenoxy) is 1. The van der Waals surface area contributed by atoms with Crippen LogP contribution in [0.4, 0.5) is 11.4 Å². The first-order chi connectivity index (χ1) is 13.6. The Morgan fingerprint density at radius 3 is 2.54 bits per heavy atom. The molecule has 146 valence electrons. The summed E-state index contributed by atoms with van der Waals surface area (Å²) < 4.78 is 5.43. The van der Waals surface area contributed by atoms with Crippen LogP contribution in [-0.2, 0) is 9.59 Å². The molecule has 1 fully saturated rings. The number of anilines is 2. The Labute approximate surface area is 163 Å². The molecule has 3 amide bonds. The van der Waals surface area contributed by atoms with Crippen molar-refractivity contribution in [2.24, 2.45) is 0 Å². The van der Waals surface area contributed by atoms with Crippen molar-refractivity contribution < 1.29 is 19.1 Å². The van der Waals surface area contributed by atoms with Gasteiger partial charge in [0, 0.05) is 24.3 Å². The van der Waals surface area contributed by atoms with Gasteiger partial charge in [-0.05, 0) is 49.7 Å².